The third-order valence-electron chi connectivity index (χ3n) is 2.49. The number of nitrogens with one attached hydrogen (secondary N) is 1. The van der Waals surface area contributed by atoms with Gasteiger partial charge in [-0.25, -0.2) is 4.98 Å². The fraction of sp³-hybridized carbons (Fsp3) is 0.600. The summed E-state index contributed by atoms with van der Waals surface area (Å²) in [5, 5.41) is 14.9. The van der Waals surface area contributed by atoms with Crippen LogP contribution in [0.3, 0.4) is 0 Å². The number of carbonyl (C=O) groups excluding carboxylic acids is 1. The first-order valence-electron chi connectivity index (χ1n) is 5.05. The van der Waals surface area contributed by atoms with Crippen molar-refractivity contribution in [3.05, 3.63) is 16.1 Å². The van der Waals surface area contributed by atoms with Gasteiger partial charge in [-0.15, -0.1) is 11.3 Å². The highest BCUT2D eigenvalue weighted by Gasteiger charge is 2.29. The monoisotopic (exact) mass is 226 g/mol. The molecule has 1 fully saturated rings. The molecule has 1 aliphatic rings. The van der Waals surface area contributed by atoms with Gasteiger partial charge in [-0.1, -0.05) is 0 Å². The molecule has 1 heterocycles. The standard InChI is InChI=1S/C10H14N2O2S/c1-6-12-8(5-15-6)10(14)11-4-9(13)7-2-3-7/h5,7,9,13H,2-4H2,1H3,(H,11,14). The number of aromatic nitrogens is 1. The average Bonchev–Trinajstić information content (AvgIpc) is 2.97. The Hall–Kier alpha value is -0.940. The van der Waals surface area contributed by atoms with Crippen LogP contribution in [0.5, 0.6) is 0 Å². The van der Waals surface area contributed by atoms with Crippen LogP contribution in [-0.4, -0.2) is 28.6 Å². The molecule has 1 aromatic heterocycles. The lowest BCUT2D eigenvalue weighted by molar-refractivity contribution is 0.0897. The maximum atomic E-state index is 11.5. The van der Waals surface area contributed by atoms with Crippen LogP contribution >= 0.6 is 11.3 Å². The molecule has 1 aliphatic carbocycles. The SMILES string of the molecule is Cc1nc(C(=O)NCC(O)C2CC2)cs1. The van der Waals surface area contributed by atoms with E-state index in [0.29, 0.717) is 18.2 Å². The molecule has 1 aromatic rings. The molecule has 2 N–H and O–H groups in total. The number of carbonyl (C=O) groups is 1. The fourth-order valence-corrected chi connectivity index (χ4v) is 2.00. The summed E-state index contributed by atoms with van der Waals surface area (Å²) in [6, 6.07) is 0. The van der Waals surface area contributed by atoms with Gasteiger partial charge in [0.15, 0.2) is 0 Å². The molecule has 0 radical (unpaired) electrons. The average molecular weight is 226 g/mol. The van der Waals surface area contributed by atoms with Gasteiger partial charge in [0.05, 0.1) is 11.1 Å². The van der Waals surface area contributed by atoms with Crippen molar-refractivity contribution in [1.29, 1.82) is 0 Å². The molecule has 1 amide bonds. The number of thiazole rings is 1. The van der Waals surface area contributed by atoms with Gasteiger partial charge < -0.3 is 10.4 Å². The maximum absolute atomic E-state index is 11.5. The molecule has 82 valence electrons. The lowest BCUT2D eigenvalue weighted by Gasteiger charge is -2.09. The van der Waals surface area contributed by atoms with Crippen LogP contribution in [0, 0.1) is 12.8 Å². The highest BCUT2D eigenvalue weighted by molar-refractivity contribution is 7.09. The van der Waals surface area contributed by atoms with E-state index in [2.05, 4.69) is 10.3 Å². The Balaban J connectivity index is 1.81. The lowest BCUT2D eigenvalue weighted by atomic mass is 10.2. The Bertz CT molecular complexity index is 360. The zero-order valence-electron chi connectivity index (χ0n) is 8.56. The summed E-state index contributed by atoms with van der Waals surface area (Å²) in [7, 11) is 0. The summed E-state index contributed by atoms with van der Waals surface area (Å²) in [4.78, 5) is 15.6. The first-order valence-corrected chi connectivity index (χ1v) is 5.93. The molecular formula is C10H14N2O2S. The predicted octanol–water partition coefficient (Wildman–Crippen LogP) is 0.952. The van der Waals surface area contributed by atoms with Crippen LogP contribution < -0.4 is 5.32 Å². The molecule has 4 nitrogen and oxygen atoms in total. The minimum atomic E-state index is -0.395. The van der Waals surface area contributed by atoms with Crippen molar-refractivity contribution in [1.82, 2.24) is 10.3 Å². The minimum Gasteiger partial charge on any atom is -0.391 e. The van der Waals surface area contributed by atoms with Crippen LogP contribution in [-0.2, 0) is 0 Å². The lowest BCUT2D eigenvalue weighted by Crippen LogP contribution is -2.33. The molecule has 1 saturated carbocycles. The number of hydrogen-bond acceptors (Lipinski definition) is 4. The summed E-state index contributed by atoms with van der Waals surface area (Å²) < 4.78 is 0. The molecular weight excluding hydrogens is 212 g/mol. The summed E-state index contributed by atoms with van der Waals surface area (Å²) >= 11 is 1.45. The third-order valence-corrected chi connectivity index (χ3v) is 3.26. The smallest absolute Gasteiger partial charge is 0.270 e. The van der Waals surface area contributed by atoms with Crippen molar-refractivity contribution in [2.45, 2.75) is 25.9 Å². The topological polar surface area (TPSA) is 62.2 Å². The third kappa shape index (κ3) is 2.76. The quantitative estimate of drug-likeness (QED) is 0.803. The Morgan fingerprint density at radius 1 is 1.80 bits per heavy atom. The van der Waals surface area contributed by atoms with Gasteiger partial charge in [0.25, 0.3) is 5.91 Å². The van der Waals surface area contributed by atoms with Gasteiger partial charge in [0, 0.05) is 11.9 Å². The van der Waals surface area contributed by atoms with E-state index < -0.39 is 6.10 Å². The molecule has 1 unspecified atom stereocenters. The fourth-order valence-electron chi connectivity index (χ4n) is 1.40. The molecule has 0 spiro atoms. The number of nitrogens with zero attached hydrogens (tertiary/aromatic N) is 1. The molecule has 1 atom stereocenters. The van der Waals surface area contributed by atoms with Gasteiger partial charge in [0.2, 0.25) is 0 Å². The molecule has 0 aliphatic heterocycles. The number of rotatable bonds is 4. The van der Waals surface area contributed by atoms with Crippen LogP contribution in [0.25, 0.3) is 0 Å². The zero-order valence-corrected chi connectivity index (χ0v) is 9.38. The minimum absolute atomic E-state index is 0.195. The second-order valence-corrected chi connectivity index (χ2v) is 4.93. The number of hydrogen-bond donors (Lipinski definition) is 2. The van der Waals surface area contributed by atoms with Gasteiger partial charge >= 0.3 is 0 Å². The summed E-state index contributed by atoms with van der Waals surface area (Å²) in [6.07, 6.45) is 1.76. The van der Waals surface area contributed by atoms with E-state index in [1.807, 2.05) is 6.92 Å². The van der Waals surface area contributed by atoms with Crippen molar-refractivity contribution in [3.63, 3.8) is 0 Å². The number of amides is 1. The normalized spacial score (nSPS) is 17.5. The van der Waals surface area contributed by atoms with E-state index in [9.17, 15) is 9.90 Å². The Morgan fingerprint density at radius 2 is 2.53 bits per heavy atom. The Morgan fingerprint density at radius 3 is 3.07 bits per heavy atom. The molecule has 0 aromatic carbocycles. The molecule has 0 bridgehead atoms. The maximum Gasteiger partial charge on any atom is 0.270 e. The second kappa shape index (κ2) is 4.28. The first-order chi connectivity index (χ1) is 7.16. The van der Waals surface area contributed by atoms with E-state index in [0.717, 1.165) is 17.8 Å². The summed E-state index contributed by atoms with van der Waals surface area (Å²) in [6.45, 7) is 2.20. The zero-order chi connectivity index (χ0) is 10.8. The van der Waals surface area contributed by atoms with E-state index in [-0.39, 0.29) is 5.91 Å². The van der Waals surface area contributed by atoms with E-state index in [1.165, 1.54) is 11.3 Å². The summed E-state index contributed by atoms with van der Waals surface area (Å²) in [5.41, 5.74) is 0.445. The van der Waals surface area contributed by atoms with Crippen LogP contribution in [0.15, 0.2) is 5.38 Å². The van der Waals surface area contributed by atoms with Crippen molar-refractivity contribution in [3.8, 4) is 0 Å². The van der Waals surface area contributed by atoms with Crippen molar-refractivity contribution >= 4 is 17.2 Å². The van der Waals surface area contributed by atoms with E-state index in [4.69, 9.17) is 0 Å². The molecule has 0 saturated heterocycles. The predicted molar refractivity (Wildman–Crippen MR) is 57.9 cm³/mol. The van der Waals surface area contributed by atoms with Gasteiger partial charge in [-0.3, -0.25) is 4.79 Å². The Labute approximate surface area is 92.3 Å². The number of aryl methyl sites for hydroxylation is 1. The van der Waals surface area contributed by atoms with Gasteiger partial charge in [-0.2, -0.15) is 0 Å². The largest absolute Gasteiger partial charge is 0.391 e. The molecule has 2 rings (SSSR count). The van der Waals surface area contributed by atoms with Crippen LogP contribution in [0.4, 0.5) is 0 Å². The van der Waals surface area contributed by atoms with Gasteiger partial charge in [0.1, 0.15) is 5.69 Å². The van der Waals surface area contributed by atoms with Crippen LogP contribution in [0.1, 0.15) is 28.3 Å². The first kappa shape index (κ1) is 10.6. The van der Waals surface area contributed by atoms with E-state index in [1.54, 1.807) is 5.38 Å². The highest BCUT2D eigenvalue weighted by Crippen LogP contribution is 2.32. The van der Waals surface area contributed by atoms with Gasteiger partial charge in [-0.05, 0) is 25.7 Å². The number of aliphatic hydroxyl groups excluding tert-OH is 1. The van der Waals surface area contributed by atoms with Crippen LogP contribution in [0.2, 0.25) is 0 Å². The van der Waals surface area contributed by atoms with Crippen molar-refractivity contribution in [2.75, 3.05) is 6.54 Å². The summed E-state index contributed by atoms with van der Waals surface area (Å²) in [5.74, 6) is 0.196. The van der Waals surface area contributed by atoms with E-state index >= 15 is 0 Å². The molecule has 15 heavy (non-hydrogen) atoms. The highest BCUT2D eigenvalue weighted by atomic mass is 32.1. The number of aliphatic hydroxyl groups is 1. The van der Waals surface area contributed by atoms with Crippen molar-refractivity contribution in [2.24, 2.45) is 5.92 Å². The van der Waals surface area contributed by atoms with Crippen molar-refractivity contribution < 1.29 is 9.90 Å². The second-order valence-electron chi connectivity index (χ2n) is 3.87. The molecule has 5 heteroatoms. The Kier molecular flexibility index (Phi) is 3.02.